The summed E-state index contributed by atoms with van der Waals surface area (Å²) in [4.78, 5) is 25.9. The molecule has 3 N–H and O–H groups in total. The summed E-state index contributed by atoms with van der Waals surface area (Å²) in [7, 11) is 4.13. The number of aryl methyl sites for hydroxylation is 2. The van der Waals surface area contributed by atoms with E-state index in [9.17, 15) is 4.79 Å². The van der Waals surface area contributed by atoms with Crippen molar-refractivity contribution in [2.75, 3.05) is 36.2 Å². The lowest BCUT2D eigenvalue weighted by Crippen LogP contribution is -2.42. The Morgan fingerprint density at radius 3 is 2.42 bits per heavy atom. The topological polar surface area (TPSA) is 91.4 Å². The molecule has 8 nitrogen and oxygen atoms in total. The van der Waals surface area contributed by atoms with Crippen LogP contribution < -0.4 is 20.9 Å². The van der Waals surface area contributed by atoms with Gasteiger partial charge >= 0.3 is 5.97 Å². The van der Waals surface area contributed by atoms with E-state index < -0.39 is 0 Å². The minimum Gasteiger partial charge on any atom is -0.462 e. The van der Waals surface area contributed by atoms with Crippen LogP contribution in [0.25, 0.3) is 0 Å². The van der Waals surface area contributed by atoms with Gasteiger partial charge in [0.25, 0.3) is 0 Å². The highest BCUT2D eigenvalue weighted by Crippen LogP contribution is 2.38. The summed E-state index contributed by atoms with van der Waals surface area (Å²) in [5, 5.41) is 11.9. The summed E-state index contributed by atoms with van der Waals surface area (Å²) in [6.07, 6.45) is 12.9. The highest BCUT2D eigenvalue weighted by Gasteiger charge is 2.28. The number of anilines is 3. The first-order valence-electron chi connectivity index (χ1n) is 14.2. The van der Waals surface area contributed by atoms with Gasteiger partial charge < -0.3 is 25.6 Å². The van der Waals surface area contributed by atoms with E-state index in [2.05, 4.69) is 34.9 Å². The average Bonchev–Trinajstić information content (AvgIpc) is 3.27. The SMILES string of the molecule is CCOC(=O)c1c(NC(=S)N[C@H]2CC[C@@H](Nc3nc4c(c(N(C)C)n3)CCCC4)CC2)sc2c1CCCC2. The summed E-state index contributed by atoms with van der Waals surface area (Å²) in [6.45, 7) is 2.22. The number of thiocarbonyl (C=S) groups is 1. The average molecular weight is 557 g/mol. The van der Waals surface area contributed by atoms with Crippen molar-refractivity contribution in [2.45, 2.75) is 96.1 Å². The molecule has 1 saturated carbocycles. The Bertz CT molecular complexity index is 1170. The number of ether oxygens (including phenoxy) is 1. The molecule has 38 heavy (non-hydrogen) atoms. The van der Waals surface area contributed by atoms with E-state index in [1.807, 2.05) is 6.92 Å². The smallest absolute Gasteiger partial charge is 0.341 e. The minimum atomic E-state index is -0.245. The zero-order valence-electron chi connectivity index (χ0n) is 22.8. The molecule has 2 aromatic rings. The zero-order valence-corrected chi connectivity index (χ0v) is 24.5. The molecule has 0 atom stereocenters. The van der Waals surface area contributed by atoms with E-state index in [4.69, 9.17) is 26.9 Å². The normalized spacial score (nSPS) is 20.6. The summed E-state index contributed by atoms with van der Waals surface area (Å²) >= 11 is 7.34. The first-order valence-corrected chi connectivity index (χ1v) is 15.4. The van der Waals surface area contributed by atoms with Gasteiger partial charge in [0.2, 0.25) is 5.95 Å². The van der Waals surface area contributed by atoms with Gasteiger partial charge in [0.15, 0.2) is 5.11 Å². The van der Waals surface area contributed by atoms with Crippen LogP contribution in [0.5, 0.6) is 0 Å². The first kappa shape index (κ1) is 27.1. The molecule has 0 aromatic carbocycles. The van der Waals surface area contributed by atoms with Crippen molar-refractivity contribution >= 4 is 51.4 Å². The Labute approximate surface area is 235 Å². The predicted molar refractivity (Wildman–Crippen MR) is 159 cm³/mol. The first-order chi connectivity index (χ1) is 18.4. The fourth-order valence-electron chi connectivity index (χ4n) is 5.97. The molecule has 2 heterocycles. The second kappa shape index (κ2) is 12.2. The summed E-state index contributed by atoms with van der Waals surface area (Å²) in [5.74, 6) is 1.57. The summed E-state index contributed by atoms with van der Waals surface area (Å²) in [5.41, 5.74) is 4.37. The molecule has 0 spiro atoms. The second-order valence-electron chi connectivity index (χ2n) is 10.8. The van der Waals surface area contributed by atoms with E-state index in [1.54, 1.807) is 11.3 Å². The molecule has 5 rings (SSSR count). The lowest BCUT2D eigenvalue weighted by molar-refractivity contribution is 0.0526. The van der Waals surface area contributed by atoms with Crippen LogP contribution in [0, 0.1) is 0 Å². The number of thiophene rings is 1. The van der Waals surface area contributed by atoms with Crippen molar-refractivity contribution in [3.8, 4) is 0 Å². The van der Waals surface area contributed by atoms with E-state index in [-0.39, 0.29) is 5.97 Å². The van der Waals surface area contributed by atoms with Crippen LogP contribution in [0.3, 0.4) is 0 Å². The molecular formula is C28H40N6O2S2. The lowest BCUT2D eigenvalue weighted by atomic mass is 9.91. The molecule has 0 amide bonds. The standard InChI is InChI=1S/C28H40N6O2S2/c1-4-36-26(35)23-20-10-6-8-12-22(20)38-25(23)33-28(37)30-18-15-13-17(14-16-18)29-27-31-21-11-7-5-9-19(21)24(32-27)34(2)3/h17-18H,4-16H2,1-3H3,(H,29,31,32)(H2,30,33,37)/t17-,18+. The molecule has 1 fully saturated rings. The number of nitrogens with zero attached hydrogens (tertiary/aromatic N) is 3. The number of hydrogen-bond acceptors (Lipinski definition) is 8. The van der Waals surface area contributed by atoms with Gasteiger partial charge in [-0.1, -0.05) is 0 Å². The Morgan fingerprint density at radius 2 is 1.68 bits per heavy atom. The number of nitrogens with one attached hydrogen (secondary N) is 3. The van der Waals surface area contributed by atoms with Crippen molar-refractivity contribution in [3.63, 3.8) is 0 Å². The largest absolute Gasteiger partial charge is 0.462 e. The van der Waals surface area contributed by atoms with Crippen LogP contribution in [0.1, 0.15) is 90.3 Å². The van der Waals surface area contributed by atoms with Gasteiger partial charge in [-0.05, 0) is 102 Å². The number of carbonyl (C=O) groups excluding carboxylic acids is 1. The molecule has 0 bridgehead atoms. The number of esters is 1. The maximum atomic E-state index is 12.8. The molecule has 206 valence electrons. The quantitative estimate of drug-likeness (QED) is 0.312. The zero-order chi connectivity index (χ0) is 26.6. The third-order valence-electron chi connectivity index (χ3n) is 7.86. The number of rotatable bonds is 7. The molecule has 0 radical (unpaired) electrons. The van der Waals surface area contributed by atoms with Gasteiger partial charge in [0.1, 0.15) is 10.8 Å². The van der Waals surface area contributed by atoms with Crippen molar-refractivity contribution in [1.29, 1.82) is 0 Å². The summed E-state index contributed by atoms with van der Waals surface area (Å²) < 4.78 is 5.38. The third kappa shape index (κ3) is 6.06. The Hall–Kier alpha value is -2.46. The van der Waals surface area contributed by atoms with Gasteiger partial charge in [-0.2, -0.15) is 4.98 Å². The van der Waals surface area contributed by atoms with Gasteiger partial charge in [0, 0.05) is 36.6 Å². The second-order valence-corrected chi connectivity index (χ2v) is 12.3. The molecule has 0 unspecified atom stereocenters. The van der Waals surface area contributed by atoms with Crippen molar-refractivity contribution in [2.24, 2.45) is 0 Å². The predicted octanol–water partition coefficient (Wildman–Crippen LogP) is 5.25. The number of carbonyl (C=O) groups is 1. The van der Waals surface area contributed by atoms with Gasteiger partial charge in [-0.15, -0.1) is 11.3 Å². The van der Waals surface area contributed by atoms with E-state index in [0.717, 1.165) is 80.1 Å². The van der Waals surface area contributed by atoms with Crippen LogP contribution in [0.15, 0.2) is 0 Å². The van der Waals surface area contributed by atoms with Gasteiger partial charge in [-0.25, -0.2) is 9.78 Å². The Morgan fingerprint density at radius 1 is 1.00 bits per heavy atom. The summed E-state index contributed by atoms with van der Waals surface area (Å²) in [6, 6.07) is 0.654. The lowest BCUT2D eigenvalue weighted by Gasteiger charge is -2.31. The van der Waals surface area contributed by atoms with Crippen LogP contribution >= 0.6 is 23.6 Å². The van der Waals surface area contributed by atoms with Gasteiger partial charge in [0.05, 0.1) is 17.9 Å². The number of aromatic nitrogens is 2. The van der Waals surface area contributed by atoms with E-state index in [0.29, 0.717) is 29.4 Å². The maximum absolute atomic E-state index is 12.8. The highest BCUT2D eigenvalue weighted by atomic mass is 32.1. The van der Waals surface area contributed by atoms with Crippen molar-refractivity contribution in [1.82, 2.24) is 15.3 Å². The third-order valence-corrected chi connectivity index (χ3v) is 9.29. The molecule has 10 heteroatoms. The molecule has 3 aliphatic rings. The van der Waals surface area contributed by atoms with Crippen LogP contribution in [-0.4, -0.2) is 53.8 Å². The van der Waals surface area contributed by atoms with Crippen LogP contribution in [-0.2, 0) is 30.4 Å². The van der Waals surface area contributed by atoms with Crippen molar-refractivity contribution < 1.29 is 9.53 Å². The maximum Gasteiger partial charge on any atom is 0.341 e. The molecular weight excluding hydrogens is 516 g/mol. The Kier molecular flexibility index (Phi) is 8.67. The Balaban J connectivity index is 1.17. The minimum absolute atomic E-state index is 0.245. The monoisotopic (exact) mass is 556 g/mol. The van der Waals surface area contributed by atoms with E-state index >= 15 is 0 Å². The molecule has 2 aromatic heterocycles. The van der Waals surface area contributed by atoms with Crippen LogP contribution in [0.2, 0.25) is 0 Å². The molecule has 3 aliphatic carbocycles. The van der Waals surface area contributed by atoms with Crippen molar-refractivity contribution in [3.05, 3.63) is 27.3 Å². The number of hydrogen-bond donors (Lipinski definition) is 3. The van der Waals surface area contributed by atoms with E-state index in [1.165, 1.54) is 35.4 Å². The van der Waals surface area contributed by atoms with Gasteiger partial charge in [-0.3, -0.25) is 0 Å². The molecule has 0 aliphatic heterocycles. The molecule has 0 saturated heterocycles. The fraction of sp³-hybridized carbons (Fsp3) is 0.643. The fourth-order valence-corrected chi connectivity index (χ4v) is 7.59. The highest BCUT2D eigenvalue weighted by molar-refractivity contribution is 7.80. The number of fused-ring (bicyclic) bond motifs is 2. The van der Waals surface area contributed by atoms with Crippen LogP contribution in [0.4, 0.5) is 16.8 Å².